The van der Waals surface area contributed by atoms with E-state index >= 15 is 0 Å². The van der Waals surface area contributed by atoms with Gasteiger partial charge >= 0.3 is 8.80 Å². The van der Waals surface area contributed by atoms with E-state index < -0.39 is 16.9 Å². The minimum Gasteiger partial charge on any atom is -0.377 e. The van der Waals surface area contributed by atoms with E-state index in [1.165, 1.54) is 0 Å². The highest BCUT2D eigenvalue weighted by molar-refractivity contribution is 6.79. The summed E-state index contributed by atoms with van der Waals surface area (Å²) in [6.45, 7) is 4.15. The molecule has 3 nitrogen and oxygen atoms in total. The van der Waals surface area contributed by atoms with E-state index in [1.54, 1.807) is 21.3 Å². The van der Waals surface area contributed by atoms with Gasteiger partial charge in [-0.3, -0.25) is 4.39 Å². The monoisotopic (exact) mass is 254 g/mol. The van der Waals surface area contributed by atoms with Crippen LogP contribution in [0.25, 0.3) is 0 Å². The summed E-state index contributed by atoms with van der Waals surface area (Å²) >= 11 is 0. The number of hydrogen-bond donors (Lipinski definition) is 0. The zero-order chi connectivity index (χ0) is 11.9. The maximum atomic E-state index is 12.3. The van der Waals surface area contributed by atoms with Crippen LogP contribution in [0.1, 0.15) is 0 Å². The number of halogens is 1. The Labute approximate surface area is 94.3 Å². The molecule has 0 aliphatic rings. The normalized spacial score (nSPS) is 13.2. The second kappa shape index (κ2) is 6.75. The van der Waals surface area contributed by atoms with Crippen LogP contribution in [-0.2, 0) is 13.3 Å². The fourth-order valence-electron chi connectivity index (χ4n) is 1.43. The second-order valence-electron chi connectivity index (χ2n) is 4.40. The minimum absolute atomic E-state index is 0.222. The standard InChI is InChI=1S/C9H23FO3Si2/c1-11-15(12-2,13-3)9-8-14(4,5)7-6-10/h6-9H2,1-5H3. The zero-order valence-corrected chi connectivity index (χ0v) is 12.4. The Balaban J connectivity index is 4.20. The Hall–Kier alpha value is 0.244. The summed E-state index contributed by atoms with van der Waals surface area (Å²) < 4.78 is 28.3. The van der Waals surface area contributed by atoms with E-state index in [2.05, 4.69) is 13.1 Å². The highest BCUT2D eigenvalue weighted by Crippen LogP contribution is 2.24. The Morgan fingerprint density at radius 1 is 0.867 bits per heavy atom. The van der Waals surface area contributed by atoms with Gasteiger partial charge in [-0.25, -0.2) is 0 Å². The van der Waals surface area contributed by atoms with Crippen molar-refractivity contribution in [1.29, 1.82) is 0 Å². The van der Waals surface area contributed by atoms with E-state index in [4.69, 9.17) is 13.3 Å². The van der Waals surface area contributed by atoms with Crippen LogP contribution in [0.3, 0.4) is 0 Å². The van der Waals surface area contributed by atoms with E-state index in [-0.39, 0.29) is 6.67 Å². The first-order chi connectivity index (χ1) is 6.95. The van der Waals surface area contributed by atoms with Crippen molar-refractivity contribution in [2.45, 2.75) is 31.2 Å². The van der Waals surface area contributed by atoms with Gasteiger partial charge in [0, 0.05) is 35.4 Å². The van der Waals surface area contributed by atoms with Crippen LogP contribution in [0, 0.1) is 0 Å². The van der Waals surface area contributed by atoms with Crippen LogP contribution >= 0.6 is 0 Å². The fourth-order valence-corrected chi connectivity index (χ4v) is 7.23. The number of alkyl halides is 1. The first kappa shape index (κ1) is 15.2. The SMILES string of the molecule is CO[Si](CC[Si](C)(C)CCF)(OC)OC. The van der Waals surface area contributed by atoms with Crippen LogP contribution in [0.5, 0.6) is 0 Å². The lowest BCUT2D eigenvalue weighted by Gasteiger charge is -2.28. The first-order valence-electron chi connectivity index (χ1n) is 5.17. The van der Waals surface area contributed by atoms with Crippen molar-refractivity contribution in [3.05, 3.63) is 0 Å². The van der Waals surface area contributed by atoms with E-state index in [0.29, 0.717) is 6.04 Å². The van der Waals surface area contributed by atoms with Crippen molar-refractivity contribution in [2.75, 3.05) is 28.0 Å². The van der Waals surface area contributed by atoms with E-state index in [1.807, 2.05) is 0 Å². The summed E-state index contributed by atoms with van der Waals surface area (Å²) in [5.74, 6) is 0. The molecule has 0 aromatic heterocycles. The predicted molar refractivity (Wildman–Crippen MR) is 64.7 cm³/mol. The Morgan fingerprint density at radius 3 is 1.67 bits per heavy atom. The maximum Gasteiger partial charge on any atom is 0.499 e. The average Bonchev–Trinajstić information content (AvgIpc) is 2.21. The molecule has 0 bridgehead atoms. The molecule has 0 atom stereocenters. The van der Waals surface area contributed by atoms with Crippen molar-refractivity contribution >= 4 is 16.9 Å². The molecule has 15 heavy (non-hydrogen) atoms. The van der Waals surface area contributed by atoms with Gasteiger partial charge in [0.05, 0.1) is 6.67 Å². The van der Waals surface area contributed by atoms with Crippen molar-refractivity contribution in [3.8, 4) is 0 Å². The summed E-state index contributed by atoms with van der Waals surface area (Å²) in [7, 11) is 0.956. The molecular formula is C9H23FO3Si2. The van der Waals surface area contributed by atoms with Crippen molar-refractivity contribution in [2.24, 2.45) is 0 Å². The summed E-state index contributed by atoms with van der Waals surface area (Å²) in [5, 5.41) is 0. The molecule has 0 rings (SSSR count). The molecule has 92 valence electrons. The molecule has 0 radical (unpaired) electrons. The largest absolute Gasteiger partial charge is 0.499 e. The number of hydrogen-bond acceptors (Lipinski definition) is 3. The van der Waals surface area contributed by atoms with Crippen molar-refractivity contribution in [1.82, 2.24) is 0 Å². The third kappa shape index (κ3) is 5.21. The lowest BCUT2D eigenvalue weighted by atomic mass is 10.9. The molecule has 0 spiro atoms. The van der Waals surface area contributed by atoms with Crippen molar-refractivity contribution < 1.29 is 17.7 Å². The van der Waals surface area contributed by atoms with E-state index in [9.17, 15) is 4.39 Å². The molecular weight excluding hydrogens is 231 g/mol. The third-order valence-electron chi connectivity index (χ3n) is 2.81. The zero-order valence-electron chi connectivity index (χ0n) is 10.4. The lowest BCUT2D eigenvalue weighted by Crippen LogP contribution is -2.44. The Kier molecular flexibility index (Phi) is 6.86. The highest BCUT2D eigenvalue weighted by Gasteiger charge is 2.39. The fraction of sp³-hybridized carbons (Fsp3) is 1.00. The summed E-state index contributed by atoms with van der Waals surface area (Å²) in [5.41, 5.74) is 0. The van der Waals surface area contributed by atoms with Gasteiger partial charge in [-0.05, 0) is 6.04 Å². The van der Waals surface area contributed by atoms with Crippen LogP contribution in [0.4, 0.5) is 4.39 Å². The first-order valence-corrected chi connectivity index (χ1v) is 10.5. The molecule has 0 heterocycles. The molecule has 0 saturated carbocycles. The summed E-state index contributed by atoms with van der Waals surface area (Å²) in [6, 6.07) is 2.48. The highest BCUT2D eigenvalue weighted by atomic mass is 28.4. The molecule has 0 aromatic carbocycles. The molecule has 0 amide bonds. The maximum absolute atomic E-state index is 12.3. The summed E-state index contributed by atoms with van der Waals surface area (Å²) in [4.78, 5) is 0. The van der Waals surface area contributed by atoms with Crippen LogP contribution in [0.2, 0.25) is 31.2 Å². The topological polar surface area (TPSA) is 27.7 Å². The summed E-state index contributed by atoms with van der Waals surface area (Å²) in [6.07, 6.45) is 0. The molecule has 0 saturated heterocycles. The lowest BCUT2D eigenvalue weighted by molar-refractivity contribution is 0.125. The van der Waals surface area contributed by atoms with Gasteiger partial charge in [0.15, 0.2) is 0 Å². The predicted octanol–water partition coefficient (Wildman–Crippen LogP) is 2.54. The van der Waals surface area contributed by atoms with Gasteiger partial charge < -0.3 is 13.3 Å². The second-order valence-corrected chi connectivity index (χ2v) is 12.8. The molecule has 6 heteroatoms. The third-order valence-corrected chi connectivity index (χ3v) is 9.19. The van der Waals surface area contributed by atoms with E-state index in [0.717, 1.165) is 12.1 Å². The van der Waals surface area contributed by atoms with Gasteiger partial charge in [0.2, 0.25) is 0 Å². The van der Waals surface area contributed by atoms with Gasteiger partial charge in [-0.2, -0.15) is 0 Å². The quantitative estimate of drug-likeness (QED) is 0.623. The van der Waals surface area contributed by atoms with Gasteiger partial charge in [0.25, 0.3) is 0 Å². The van der Waals surface area contributed by atoms with Gasteiger partial charge in [-0.15, -0.1) is 0 Å². The van der Waals surface area contributed by atoms with Crippen molar-refractivity contribution in [3.63, 3.8) is 0 Å². The van der Waals surface area contributed by atoms with Gasteiger partial charge in [-0.1, -0.05) is 19.1 Å². The number of rotatable bonds is 8. The molecule has 0 aromatic rings. The molecule has 0 unspecified atom stereocenters. The average molecular weight is 254 g/mol. The van der Waals surface area contributed by atoms with Crippen LogP contribution < -0.4 is 0 Å². The molecule has 0 fully saturated rings. The molecule has 0 aliphatic heterocycles. The minimum atomic E-state index is -2.44. The molecule has 0 aliphatic carbocycles. The molecule has 0 N–H and O–H groups in total. The Bertz CT molecular complexity index is 166. The van der Waals surface area contributed by atoms with Gasteiger partial charge in [0.1, 0.15) is 0 Å². The van der Waals surface area contributed by atoms with Crippen LogP contribution in [0.15, 0.2) is 0 Å². The Morgan fingerprint density at radius 2 is 1.33 bits per heavy atom. The van der Waals surface area contributed by atoms with Crippen LogP contribution in [-0.4, -0.2) is 44.9 Å². The smallest absolute Gasteiger partial charge is 0.377 e.